The number of pyridine rings is 1. The lowest BCUT2D eigenvalue weighted by Gasteiger charge is -2.70. The van der Waals surface area contributed by atoms with Gasteiger partial charge in [-0.2, -0.15) is 0 Å². The first-order valence-electron chi connectivity index (χ1n) is 8.92. The van der Waals surface area contributed by atoms with Gasteiger partial charge in [-0.25, -0.2) is 4.39 Å². The van der Waals surface area contributed by atoms with E-state index in [-0.39, 0.29) is 40.3 Å². The highest BCUT2D eigenvalue weighted by Crippen LogP contribution is 2.60. The predicted octanol–water partition coefficient (Wildman–Crippen LogP) is 2.78. The second-order valence-electron chi connectivity index (χ2n) is 7.68. The molecule has 0 radical (unpaired) electrons. The van der Waals surface area contributed by atoms with Gasteiger partial charge in [0.2, 0.25) is 0 Å². The molecule has 0 unspecified atom stereocenters. The van der Waals surface area contributed by atoms with Crippen molar-refractivity contribution < 1.29 is 18.7 Å². The van der Waals surface area contributed by atoms with Crippen LogP contribution in [0.5, 0.6) is 5.75 Å². The van der Waals surface area contributed by atoms with Crippen LogP contribution in [0.15, 0.2) is 36.5 Å². The van der Waals surface area contributed by atoms with E-state index in [1.54, 1.807) is 12.3 Å². The number of halogens is 2. The Labute approximate surface area is 166 Å². The van der Waals surface area contributed by atoms with E-state index in [9.17, 15) is 14.0 Å². The topological polar surface area (TPSA) is 80.3 Å². The SMILES string of the molecule is Cc1ccc(C(=O)NC23CC(NC(=O)COc4ccc(Cl)c(F)c4)(C2)C3)nc1. The van der Waals surface area contributed by atoms with Gasteiger partial charge in [0, 0.05) is 23.3 Å². The molecule has 3 fully saturated rings. The number of nitrogens with one attached hydrogen (secondary N) is 2. The lowest BCUT2D eigenvalue weighted by Crippen LogP contribution is -2.84. The van der Waals surface area contributed by atoms with Crippen LogP contribution in [0.2, 0.25) is 5.02 Å². The van der Waals surface area contributed by atoms with Crippen molar-refractivity contribution in [1.29, 1.82) is 0 Å². The maximum absolute atomic E-state index is 13.4. The van der Waals surface area contributed by atoms with E-state index < -0.39 is 5.82 Å². The average Bonchev–Trinajstić information content (AvgIpc) is 2.60. The molecule has 2 N–H and O–H groups in total. The van der Waals surface area contributed by atoms with Gasteiger partial charge >= 0.3 is 0 Å². The minimum Gasteiger partial charge on any atom is -0.484 e. The number of benzene rings is 1. The number of amides is 2. The summed E-state index contributed by atoms with van der Waals surface area (Å²) in [7, 11) is 0. The van der Waals surface area contributed by atoms with Crippen molar-refractivity contribution in [3.8, 4) is 5.75 Å². The highest BCUT2D eigenvalue weighted by Gasteiger charge is 2.69. The van der Waals surface area contributed by atoms with Crippen LogP contribution >= 0.6 is 11.6 Å². The fourth-order valence-electron chi connectivity index (χ4n) is 4.01. The van der Waals surface area contributed by atoms with Crippen molar-refractivity contribution >= 4 is 23.4 Å². The number of aryl methyl sites for hydroxylation is 1. The minimum absolute atomic E-state index is 0.00106. The van der Waals surface area contributed by atoms with Gasteiger partial charge in [0.15, 0.2) is 6.61 Å². The maximum atomic E-state index is 13.4. The van der Waals surface area contributed by atoms with E-state index in [2.05, 4.69) is 15.6 Å². The molecule has 6 nitrogen and oxygen atoms in total. The van der Waals surface area contributed by atoms with E-state index >= 15 is 0 Å². The van der Waals surface area contributed by atoms with Gasteiger partial charge in [0.1, 0.15) is 17.3 Å². The summed E-state index contributed by atoms with van der Waals surface area (Å²) in [5.74, 6) is -0.841. The second kappa shape index (κ2) is 6.74. The Morgan fingerprint density at radius 1 is 1.18 bits per heavy atom. The summed E-state index contributed by atoms with van der Waals surface area (Å²) in [6.45, 7) is 1.70. The molecule has 1 heterocycles. The Morgan fingerprint density at radius 3 is 2.54 bits per heavy atom. The lowest BCUT2D eigenvalue weighted by molar-refractivity contribution is -0.141. The third kappa shape index (κ3) is 3.54. The molecule has 2 bridgehead atoms. The average molecular weight is 404 g/mol. The van der Waals surface area contributed by atoms with E-state index in [1.165, 1.54) is 12.1 Å². The molecule has 2 amide bonds. The Kier molecular flexibility index (Phi) is 4.50. The molecule has 8 heteroatoms. The molecule has 1 aromatic carbocycles. The first kappa shape index (κ1) is 18.7. The van der Waals surface area contributed by atoms with Gasteiger partial charge in [0.05, 0.1) is 5.02 Å². The highest BCUT2D eigenvalue weighted by molar-refractivity contribution is 6.30. The number of hydrogen-bond acceptors (Lipinski definition) is 4. The molecule has 0 atom stereocenters. The van der Waals surface area contributed by atoms with E-state index in [0.717, 1.165) is 11.6 Å². The van der Waals surface area contributed by atoms with Crippen LogP contribution in [0, 0.1) is 12.7 Å². The fourth-order valence-corrected chi connectivity index (χ4v) is 4.12. The van der Waals surface area contributed by atoms with Gasteiger partial charge in [-0.3, -0.25) is 14.6 Å². The summed E-state index contributed by atoms with van der Waals surface area (Å²) in [6.07, 6.45) is 3.70. The fraction of sp³-hybridized carbons (Fsp3) is 0.350. The van der Waals surface area contributed by atoms with Crippen molar-refractivity contribution in [3.05, 3.63) is 58.6 Å². The van der Waals surface area contributed by atoms with Crippen LogP contribution in [0.1, 0.15) is 35.3 Å². The molecule has 3 saturated carbocycles. The van der Waals surface area contributed by atoms with Gasteiger partial charge in [-0.15, -0.1) is 0 Å². The standard InChI is InChI=1S/C20H19ClFN3O3/c1-12-2-5-16(23-7-12)18(27)25-20-9-19(10-20,11-20)24-17(26)8-28-13-3-4-14(21)15(22)6-13/h2-7H,8-11H2,1H3,(H,24,26)(H,25,27). The third-order valence-electron chi connectivity index (χ3n) is 5.22. The normalized spacial score (nSPS) is 24.5. The van der Waals surface area contributed by atoms with Crippen LogP contribution in [0.3, 0.4) is 0 Å². The summed E-state index contributed by atoms with van der Waals surface area (Å²) < 4.78 is 18.7. The molecule has 28 heavy (non-hydrogen) atoms. The Balaban J connectivity index is 1.24. The smallest absolute Gasteiger partial charge is 0.270 e. The van der Waals surface area contributed by atoms with Crippen molar-refractivity contribution in [2.75, 3.05) is 6.61 Å². The lowest BCUT2D eigenvalue weighted by atomic mass is 9.44. The zero-order valence-corrected chi connectivity index (χ0v) is 16.0. The highest BCUT2D eigenvalue weighted by atomic mass is 35.5. The molecule has 0 aliphatic heterocycles. The first-order chi connectivity index (χ1) is 13.3. The number of carbonyl (C=O) groups excluding carboxylic acids is 2. The zero-order chi connectivity index (χ0) is 19.9. The molecular weight excluding hydrogens is 385 g/mol. The molecule has 0 saturated heterocycles. The number of hydrogen-bond donors (Lipinski definition) is 2. The Morgan fingerprint density at radius 2 is 1.89 bits per heavy atom. The van der Waals surface area contributed by atoms with Crippen molar-refractivity contribution in [1.82, 2.24) is 15.6 Å². The summed E-state index contributed by atoms with van der Waals surface area (Å²) >= 11 is 5.61. The molecule has 2 aromatic rings. The van der Waals surface area contributed by atoms with Crippen molar-refractivity contribution in [2.24, 2.45) is 0 Å². The molecule has 1 aromatic heterocycles. The quantitative estimate of drug-likeness (QED) is 0.777. The van der Waals surface area contributed by atoms with Gasteiger partial charge in [0.25, 0.3) is 11.8 Å². The molecule has 3 aliphatic carbocycles. The van der Waals surface area contributed by atoms with Crippen molar-refractivity contribution in [3.63, 3.8) is 0 Å². The number of ether oxygens (including phenoxy) is 1. The van der Waals surface area contributed by atoms with Crippen LogP contribution in [0.4, 0.5) is 4.39 Å². The van der Waals surface area contributed by atoms with Crippen LogP contribution in [0.25, 0.3) is 0 Å². The second-order valence-corrected chi connectivity index (χ2v) is 8.09. The first-order valence-corrected chi connectivity index (χ1v) is 9.30. The summed E-state index contributed by atoms with van der Waals surface area (Å²) in [4.78, 5) is 28.6. The summed E-state index contributed by atoms with van der Waals surface area (Å²) in [6, 6.07) is 7.56. The van der Waals surface area contributed by atoms with E-state index in [4.69, 9.17) is 16.3 Å². The largest absolute Gasteiger partial charge is 0.484 e. The third-order valence-corrected chi connectivity index (χ3v) is 5.53. The molecule has 3 aliphatic rings. The Hall–Kier alpha value is -2.67. The Bertz CT molecular complexity index is 928. The van der Waals surface area contributed by atoms with Crippen LogP contribution in [-0.2, 0) is 4.79 Å². The summed E-state index contributed by atoms with van der Waals surface area (Å²) in [5, 5.41) is 5.97. The van der Waals surface area contributed by atoms with Gasteiger partial charge in [-0.05, 0) is 49.9 Å². The molecule has 0 spiro atoms. The van der Waals surface area contributed by atoms with Crippen LogP contribution < -0.4 is 15.4 Å². The predicted molar refractivity (Wildman–Crippen MR) is 101 cm³/mol. The molecule has 146 valence electrons. The number of rotatable bonds is 6. The maximum Gasteiger partial charge on any atom is 0.270 e. The van der Waals surface area contributed by atoms with Crippen molar-refractivity contribution in [2.45, 2.75) is 37.3 Å². The number of aromatic nitrogens is 1. The molecular formula is C20H19ClFN3O3. The van der Waals surface area contributed by atoms with E-state index in [0.29, 0.717) is 25.0 Å². The van der Waals surface area contributed by atoms with Gasteiger partial charge in [-0.1, -0.05) is 17.7 Å². The van der Waals surface area contributed by atoms with E-state index in [1.807, 2.05) is 13.0 Å². The number of carbonyl (C=O) groups is 2. The zero-order valence-electron chi connectivity index (χ0n) is 15.2. The van der Waals surface area contributed by atoms with Crippen LogP contribution in [-0.4, -0.2) is 34.5 Å². The monoisotopic (exact) mass is 403 g/mol. The minimum atomic E-state index is -0.597. The summed E-state index contributed by atoms with van der Waals surface area (Å²) in [5.41, 5.74) is 0.820. The van der Waals surface area contributed by atoms with Gasteiger partial charge < -0.3 is 15.4 Å². The molecule has 5 rings (SSSR count). The number of nitrogens with zero attached hydrogens (tertiary/aromatic N) is 1.